The molecule has 0 unspecified atom stereocenters. The maximum Gasteiger partial charge on any atom is 0.269 e. The molecular formula is C6H6F2N2O2. The van der Waals surface area contributed by atoms with E-state index in [4.69, 9.17) is 0 Å². The van der Waals surface area contributed by atoms with Crippen molar-refractivity contribution < 1.29 is 18.4 Å². The van der Waals surface area contributed by atoms with E-state index in [0.717, 1.165) is 12.2 Å². The molecule has 12 heavy (non-hydrogen) atoms. The van der Waals surface area contributed by atoms with E-state index in [1.807, 2.05) is 0 Å². The van der Waals surface area contributed by atoms with Crippen molar-refractivity contribution in [1.82, 2.24) is 0 Å². The number of hydrogen-bond donors (Lipinski definition) is 0. The van der Waals surface area contributed by atoms with Gasteiger partial charge in [0.25, 0.3) is 5.92 Å². The Morgan fingerprint density at radius 1 is 1.17 bits per heavy atom. The summed E-state index contributed by atoms with van der Waals surface area (Å²) in [6.45, 7) is -1.23. The summed E-state index contributed by atoms with van der Waals surface area (Å²) in [6.07, 6.45) is 1.51. The summed E-state index contributed by atoms with van der Waals surface area (Å²) in [6, 6.07) is 0. The van der Waals surface area contributed by atoms with E-state index >= 15 is 0 Å². The van der Waals surface area contributed by atoms with Crippen molar-refractivity contribution in [1.29, 1.82) is 0 Å². The van der Waals surface area contributed by atoms with Crippen LogP contribution in [0.2, 0.25) is 0 Å². The molecular weight excluding hydrogens is 170 g/mol. The average Bonchev–Trinajstić information content (AvgIpc) is 2.01. The Morgan fingerprint density at radius 2 is 1.75 bits per heavy atom. The zero-order valence-corrected chi connectivity index (χ0v) is 6.09. The first-order chi connectivity index (χ1) is 5.62. The molecule has 0 aromatic carbocycles. The first-order valence-electron chi connectivity index (χ1n) is 3.07. The molecule has 0 heterocycles. The summed E-state index contributed by atoms with van der Waals surface area (Å²) in [5, 5.41) is 0. The van der Waals surface area contributed by atoms with E-state index in [1.165, 1.54) is 0 Å². The maximum absolute atomic E-state index is 12.5. The Hall–Kier alpha value is -1.38. The fraction of sp³-hybridized carbons (Fsp3) is 0.667. The number of rotatable bonds is 5. The van der Waals surface area contributed by atoms with Gasteiger partial charge in [0, 0.05) is 6.42 Å². The SMILES string of the molecule is O=C=NCCC(F)(F)CN=C=O. The molecule has 0 fully saturated rings. The fourth-order valence-corrected chi connectivity index (χ4v) is 0.492. The van der Waals surface area contributed by atoms with Crippen LogP contribution in [0.25, 0.3) is 0 Å². The molecule has 0 aromatic rings. The van der Waals surface area contributed by atoms with Crippen LogP contribution in [0, 0.1) is 0 Å². The van der Waals surface area contributed by atoms with E-state index in [9.17, 15) is 18.4 Å². The summed E-state index contributed by atoms with van der Waals surface area (Å²) >= 11 is 0. The summed E-state index contributed by atoms with van der Waals surface area (Å²) in [5.41, 5.74) is 0. The van der Waals surface area contributed by atoms with E-state index < -0.39 is 18.9 Å². The monoisotopic (exact) mass is 176 g/mol. The summed E-state index contributed by atoms with van der Waals surface area (Å²) < 4.78 is 24.9. The second kappa shape index (κ2) is 5.29. The molecule has 66 valence electrons. The number of nitrogens with zero attached hydrogens (tertiary/aromatic N) is 2. The average molecular weight is 176 g/mol. The van der Waals surface area contributed by atoms with Crippen LogP contribution in [-0.2, 0) is 9.59 Å². The Labute approximate surface area is 67.0 Å². The van der Waals surface area contributed by atoms with Crippen LogP contribution in [0.5, 0.6) is 0 Å². The minimum atomic E-state index is -3.10. The lowest BCUT2D eigenvalue weighted by atomic mass is 10.2. The van der Waals surface area contributed by atoms with E-state index in [-0.39, 0.29) is 6.54 Å². The number of carbonyl (C=O) groups excluding carboxylic acids is 2. The molecule has 0 rings (SSSR count). The summed E-state index contributed by atoms with van der Waals surface area (Å²) in [7, 11) is 0. The van der Waals surface area contributed by atoms with Crippen LogP contribution in [0.1, 0.15) is 6.42 Å². The standard InChI is InChI=1S/C6H6F2N2O2/c7-6(8,3-10-5-12)1-2-9-4-11/h1-3H2. The quantitative estimate of drug-likeness (QED) is 0.457. The number of aliphatic imine (C=N–C) groups is 2. The van der Waals surface area contributed by atoms with Crippen LogP contribution in [0.4, 0.5) is 8.78 Å². The molecule has 0 aliphatic heterocycles. The second-order valence-corrected chi connectivity index (χ2v) is 1.99. The van der Waals surface area contributed by atoms with Crippen LogP contribution in [0.15, 0.2) is 9.98 Å². The van der Waals surface area contributed by atoms with E-state index in [0.29, 0.717) is 0 Å². The molecule has 4 nitrogen and oxygen atoms in total. The topological polar surface area (TPSA) is 58.9 Å². The molecule has 0 N–H and O–H groups in total. The molecule has 0 aliphatic carbocycles. The first-order valence-corrected chi connectivity index (χ1v) is 3.07. The van der Waals surface area contributed by atoms with E-state index in [1.54, 1.807) is 0 Å². The van der Waals surface area contributed by atoms with Gasteiger partial charge in [0.15, 0.2) is 0 Å². The van der Waals surface area contributed by atoms with Crippen molar-refractivity contribution in [3.05, 3.63) is 0 Å². The number of isocyanates is 2. The van der Waals surface area contributed by atoms with Crippen molar-refractivity contribution in [2.75, 3.05) is 13.1 Å². The molecule has 0 aliphatic rings. The predicted molar refractivity (Wildman–Crippen MR) is 35.5 cm³/mol. The molecule has 0 spiro atoms. The second-order valence-electron chi connectivity index (χ2n) is 1.99. The highest BCUT2D eigenvalue weighted by Crippen LogP contribution is 2.17. The highest BCUT2D eigenvalue weighted by Gasteiger charge is 2.27. The van der Waals surface area contributed by atoms with Gasteiger partial charge in [-0.2, -0.15) is 4.99 Å². The molecule has 0 aromatic heterocycles. The van der Waals surface area contributed by atoms with Gasteiger partial charge < -0.3 is 0 Å². The number of alkyl halides is 2. The van der Waals surface area contributed by atoms with Crippen LogP contribution >= 0.6 is 0 Å². The van der Waals surface area contributed by atoms with Gasteiger partial charge >= 0.3 is 0 Å². The van der Waals surface area contributed by atoms with Gasteiger partial charge in [0.2, 0.25) is 12.2 Å². The predicted octanol–water partition coefficient (Wildman–Crippen LogP) is 0.683. The molecule has 0 saturated carbocycles. The van der Waals surface area contributed by atoms with Gasteiger partial charge in [-0.3, -0.25) is 0 Å². The van der Waals surface area contributed by atoms with Crippen LogP contribution < -0.4 is 0 Å². The van der Waals surface area contributed by atoms with Gasteiger partial charge in [-0.1, -0.05) is 0 Å². The third kappa shape index (κ3) is 5.41. The third-order valence-corrected chi connectivity index (χ3v) is 1.03. The van der Waals surface area contributed by atoms with Gasteiger partial charge in [0.05, 0.1) is 6.54 Å². The van der Waals surface area contributed by atoms with Crippen molar-refractivity contribution in [3.63, 3.8) is 0 Å². The third-order valence-electron chi connectivity index (χ3n) is 1.03. The van der Waals surface area contributed by atoms with Gasteiger partial charge in [-0.05, 0) is 0 Å². The molecule has 0 amide bonds. The van der Waals surface area contributed by atoms with Crippen molar-refractivity contribution in [2.24, 2.45) is 9.98 Å². The Morgan fingerprint density at radius 3 is 2.25 bits per heavy atom. The Bertz CT molecular complexity index is 230. The van der Waals surface area contributed by atoms with Gasteiger partial charge in [-0.25, -0.2) is 23.4 Å². The zero-order valence-electron chi connectivity index (χ0n) is 6.09. The lowest BCUT2D eigenvalue weighted by Crippen LogP contribution is -2.21. The maximum atomic E-state index is 12.5. The minimum Gasteiger partial charge on any atom is -0.211 e. The zero-order chi connectivity index (χ0) is 9.45. The lowest BCUT2D eigenvalue weighted by molar-refractivity contribution is 0.00543. The highest BCUT2D eigenvalue weighted by molar-refractivity contribution is 5.33. The molecule has 0 saturated heterocycles. The smallest absolute Gasteiger partial charge is 0.211 e. The number of hydrogen-bond acceptors (Lipinski definition) is 4. The van der Waals surface area contributed by atoms with Crippen molar-refractivity contribution >= 4 is 12.2 Å². The van der Waals surface area contributed by atoms with Crippen LogP contribution in [0.3, 0.4) is 0 Å². The van der Waals surface area contributed by atoms with Gasteiger partial charge in [0.1, 0.15) is 6.54 Å². The number of halogens is 2. The normalized spacial score (nSPS) is 9.83. The van der Waals surface area contributed by atoms with Crippen molar-refractivity contribution in [2.45, 2.75) is 12.3 Å². The molecule has 0 atom stereocenters. The van der Waals surface area contributed by atoms with Gasteiger partial charge in [-0.15, -0.1) is 0 Å². The summed E-state index contributed by atoms with van der Waals surface area (Å²) in [4.78, 5) is 24.6. The Balaban J connectivity index is 3.85. The molecule has 0 radical (unpaired) electrons. The van der Waals surface area contributed by atoms with E-state index in [2.05, 4.69) is 9.98 Å². The van der Waals surface area contributed by atoms with Crippen molar-refractivity contribution in [3.8, 4) is 0 Å². The highest BCUT2D eigenvalue weighted by atomic mass is 19.3. The Kier molecular flexibility index (Phi) is 4.69. The first kappa shape index (κ1) is 10.6. The minimum absolute atomic E-state index is 0.315. The fourth-order valence-electron chi connectivity index (χ4n) is 0.492. The molecule has 6 heteroatoms. The molecule has 0 bridgehead atoms. The lowest BCUT2D eigenvalue weighted by Gasteiger charge is -2.09. The van der Waals surface area contributed by atoms with Crippen LogP contribution in [-0.4, -0.2) is 31.2 Å². The summed E-state index contributed by atoms with van der Waals surface area (Å²) in [5.74, 6) is -3.10. The largest absolute Gasteiger partial charge is 0.269 e.